The first kappa shape index (κ1) is 82.4. The first-order valence-electron chi connectivity index (χ1n) is 26.5. The van der Waals surface area contributed by atoms with Gasteiger partial charge < -0.3 is 43.0 Å². The Morgan fingerprint density at radius 2 is 0.464 bits per heavy atom. The molecule has 0 aliphatic heterocycles. The first-order chi connectivity index (χ1) is 38.0. The molecular weight excluding hydrogens is 1280 g/mol. The molecule has 0 bridgehead atoms. The molecule has 6 rings (SSSR count). The predicted octanol–water partition coefficient (Wildman–Crippen LogP) is 2.70. The summed E-state index contributed by atoms with van der Waals surface area (Å²) < 4.78 is 132. The summed E-state index contributed by atoms with van der Waals surface area (Å²) in [5, 5.41) is 0. The molecule has 84 heavy (non-hydrogen) atoms. The van der Waals surface area contributed by atoms with Gasteiger partial charge in [0.25, 0.3) is 0 Å². The number of rotatable bonds is 30. The van der Waals surface area contributed by atoms with E-state index in [0.717, 1.165) is 91.2 Å². The maximum Gasteiger partial charge on any atom is 1.00 e. The van der Waals surface area contributed by atoms with E-state index in [2.05, 4.69) is 109 Å². The molecule has 0 aromatic heterocycles. The summed E-state index contributed by atoms with van der Waals surface area (Å²) in [4.78, 5) is 47.6. The van der Waals surface area contributed by atoms with Gasteiger partial charge >= 0.3 is 177 Å². The number of aryl methyl sites for hydroxylation is 3. The second-order valence-corrected chi connectivity index (χ2v) is 30.8. The van der Waals surface area contributed by atoms with Crippen molar-refractivity contribution in [1.82, 2.24) is 0 Å². The van der Waals surface area contributed by atoms with E-state index in [0.29, 0.717) is 38.5 Å². The van der Waals surface area contributed by atoms with E-state index < -0.39 is 68.1 Å². The fourth-order valence-electron chi connectivity index (χ4n) is 8.93. The Morgan fingerprint density at radius 3 is 0.643 bits per heavy atom. The zero-order valence-corrected chi connectivity index (χ0v) is 62.2. The molecule has 0 radical (unpaired) electrons. The van der Waals surface area contributed by atoms with Crippen LogP contribution in [0.1, 0.15) is 113 Å². The van der Waals surface area contributed by atoms with Crippen LogP contribution in [-0.4, -0.2) is 83.2 Å². The van der Waals surface area contributed by atoms with Crippen LogP contribution < -0.4 is 154 Å². The largest absolute Gasteiger partial charge is 1.00 e. The van der Waals surface area contributed by atoms with Crippen molar-refractivity contribution in [1.29, 1.82) is 0 Å². The van der Waals surface area contributed by atoms with Crippen LogP contribution in [0.5, 0.6) is 0 Å². The van der Waals surface area contributed by atoms with Crippen molar-refractivity contribution >= 4 is 53.1 Å². The summed E-state index contributed by atoms with van der Waals surface area (Å²) in [6.45, 7) is 0. The number of unbranched alkanes of at least 4 members (excludes halogenated alkanes) is 9. The molecule has 3 unspecified atom stereocenters. The molecule has 0 saturated heterocycles. The SMILES string of the molecule is O=P(O)(O)C(CCCCCCc1ccc(-c2ccccc2)cc1)S(=O)(=O)[O-].O=P(O)(O)C(CCCCCCc1ccc(-c2ccccc2)cc1)S(=O)(=O)[O-].O=P(O)(O)C(CCCCCCc1ccc(-c2ccccc2)cc1)S(=O)(=O)[O-].[K+].[K+].[K+]. The third-order valence-corrected chi connectivity index (χ3v) is 23.8. The van der Waals surface area contributed by atoms with Gasteiger partial charge in [0.15, 0.2) is 15.0 Å². The van der Waals surface area contributed by atoms with Crippen molar-refractivity contribution in [2.24, 2.45) is 0 Å². The summed E-state index contributed by atoms with van der Waals surface area (Å²) >= 11 is 0. The van der Waals surface area contributed by atoms with Crippen molar-refractivity contribution in [3.8, 4) is 33.4 Å². The normalized spacial score (nSPS) is 13.0. The molecule has 3 atom stereocenters. The smallest absolute Gasteiger partial charge is 0.747 e. The average molecular weight is 1350 g/mol. The van der Waals surface area contributed by atoms with Crippen LogP contribution in [0, 0.1) is 0 Å². The summed E-state index contributed by atoms with van der Waals surface area (Å²) in [5.41, 5.74) is 10.6. The minimum absolute atomic E-state index is 0. The Hall–Kier alpha value is 0.409. The Bertz CT molecular complexity index is 2950. The molecule has 444 valence electrons. The zero-order valence-electron chi connectivity index (χ0n) is 47.7. The van der Waals surface area contributed by atoms with Gasteiger partial charge in [0.05, 0.1) is 0 Å². The summed E-state index contributed by atoms with van der Waals surface area (Å²) in [6.07, 6.45) is 9.50. The molecule has 6 aromatic rings. The standard InChI is InChI=1S/3C19H25O6PS.3K/c3*20-26(21,22)19(27(23,24)25)11-7-2-1-4-8-16-12-14-18(15-13-16)17-9-5-3-6-10-17;;;/h3*3,5-6,9-10,12-15,19H,1-2,4,7-8,11H2,(H2,20,21,22)(H,23,24,25);;;/q;;;3*+1/p-3. The van der Waals surface area contributed by atoms with Crippen LogP contribution in [-0.2, 0) is 63.3 Å². The topological polar surface area (TPSA) is 344 Å². The number of hydrogen-bond acceptors (Lipinski definition) is 12. The molecule has 0 saturated carbocycles. The van der Waals surface area contributed by atoms with Crippen molar-refractivity contribution in [2.75, 3.05) is 0 Å². The molecule has 0 aliphatic carbocycles. The first-order valence-corrected chi connectivity index (χ1v) is 35.9. The van der Waals surface area contributed by atoms with Gasteiger partial charge in [-0.3, -0.25) is 13.7 Å². The molecule has 0 aliphatic rings. The Balaban J connectivity index is 0.000000619. The fraction of sp³-hybridized carbons (Fsp3) is 0.368. The van der Waals surface area contributed by atoms with Crippen LogP contribution in [0.25, 0.3) is 33.4 Å². The second-order valence-electron chi connectivity index (χ2n) is 19.7. The van der Waals surface area contributed by atoms with Gasteiger partial charge in [0.2, 0.25) is 0 Å². The Morgan fingerprint density at radius 1 is 0.286 bits per heavy atom. The zero-order chi connectivity index (χ0) is 59.7. The van der Waals surface area contributed by atoms with Crippen LogP contribution in [0.2, 0.25) is 0 Å². The maximum atomic E-state index is 11.1. The molecule has 0 spiro atoms. The minimum atomic E-state index is -5.00. The van der Waals surface area contributed by atoms with Crippen LogP contribution in [0.4, 0.5) is 0 Å². The van der Waals surface area contributed by atoms with Crippen LogP contribution in [0.15, 0.2) is 164 Å². The third kappa shape index (κ3) is 32.6. The number of benzene rings is 6. The maximum absolute atomic E-state index is 11.1. The third-order valence-electron chi connectivity index (χ3n) is 13.3. The van der Waals surface area contributed by atoms with Gasteiger partial charge in [-0.05, 0) is 108 Å². The van der Waals surface area contributed by atoms with Crippen molar-refractivity contribution in [2.45, 2.75) is 131 Å². The quantitative estimate of drug-likeness (QED) is 0.0163. The van der Waals surface area contributed by atoms with E-state index in [1.807, 2.05) is 54.6 Å². The molecule has 18 nitrogen and oxygen atoms in total. The van der Waals surface area contributed by atoms with Crippen molar-refractivity contribution < 1.29 is 236 Å². The molecule has 0 heterocycles. The van der Waals surface area contributed by atoms with Gasteiger partial charge in [-0.1, -0.05) is 222 Å². The molecule has 6 N–H and O–H groups in total. The molecule has 27 heteroatoms. The summed E-state index contributed by atoms with van der Waals surface area (Å²) in [7, 11) is -29.8. The van der Waals surface area contributed by atoms with E-state index >= 15 is 0 Å². The Kier molecular flexibility index (Phi) is 40.3. The average Bonchev–Trinajstić information content (AvgIpc) is 3.60. The van der Waals surface area contributed by atoms with Crippen molar-refractivity contribution in [3.63, 3.8) is 0 Å². The van der Waals surface area contributed by atoms with Gasteiger partial charge in [0, 0.05) is 0 Å². The molecular formula is C57H72K3O18P3S3. The van der Waals surface area contributed by atoms with Gasteiger partial charge in [-0.15, -0.1) is 0 Å². The predicted molar refractivity (Wildman–Crippen MR) is 313 cm³/mol. The van der Waals surface area contributed by atoms with E-state index in [1.165, 1.54) is 16.7 Å². The van der Waals surface area contributed by atoms with Crippen molar-refractivity contribution in [3.05, 3.63) is 180 Å². The molecule has 0 amide bonds. The minimum Gasteiger partial charge on any atom is -0.747 e. The van der Waals surface area contributed by atoms with Gasteiger partial charge in [-0.25, -0.2) is 25.3 Å². The fourth-order valence-corrected chi connectivity index (χ4v) is 15.9. The van der Waals surface area contributed by atoms with E-state index in [9.17, 15) is 52.6 Å². The van der Waals surface area contributed by atoms with Crippen LogP contribution >= 0.6 is 22.8 Å². The summed E-state index contributed by atoms with van der Waals surface area (Å²) in [6, 6.07) is 55.2. The monoisotopic (exact) mass is 1350 g/mol. The van der Waals surface area contributed by atoms with E-state index in [-0.39, 0.29) is 173 Å². The second kappa shape index (κ2) is 41.1. The number of hydrogen-bond donors (Lipinski definition) is 6. The van der Waals surface area contributed by atoms with E-state index in [1.54, 1.807) is 0 Å². The van der Waals surface area contributed by atoms with Crippen LogP contribution in [0.3, 0.4) is 0 Å². The van der Waals surface area contributed by atoms with Gasteiger partial charge in [-0.2, -0.15) is 0 Å². The summed E-state index contributed by atoms with van der Waals surface area (Å²) in [5.74, 6) is 0. The van der Waals surface area contributed by atoms with Gasteiger partial charge in [0.1, 0.15) is 30.4 Å². The molecule has 0 fully saturated rings. The Labute approximate surface area is 623 Å². The molecule has 6 aromatic carbocycles. The van der Waals surface area contributed by atoms with E-state index in [4.69, 9.17) is 29.4 Å².